The number of benzene rings is 2. The van der Waals surface area contributed by atoms with Crippen molar-refractivity contribution < 1.29 is 19.1 Å². The van der Waals surface area contributed by atoms with Crippen molar-refractivity contribution >= 4 is 17.7 Å². The summed E-state index contributed by atoms with van der Waals surface area (Å²) in [4.78, 5) is 37.8. The molecule has 0 saturated heterocycles. The van der Waals surface area contributed by atoms with Crippen LogP contribution in [0.5, 0.6) is 0 Å². The Balaban J connectivity index is 1.64. The molecule has 2 aromatic carbocycles. The van der Waals surface area contributed by atoms with Crippen LogP contribution in [0.1, 0.15) is 65.0 Å². The second-order valence-corrected chi connectivity index (χ2v) is 8.26. The Morgan fingerprint density at radius 1 is 0.967 bits per heavy atom. The first kappa shape index (κ1) is 21.8. The third-order valence-electron chi connectivity index (χ3n) is 6.09. The number of ketones is 1. The van der Waals surface area contributed by atoms with Gasteiger partial charge in [-0.05, 0) is 31.2 Å². The summed E-state index contributed by atoms with van der Waals surface area (Å²) in [7, 11) is 0. The predicted molar refractivity (Wildman–Crippen MR) is 115 cm³/mol. The summed E-state index contributed by atoms with van der Waals surface area (Å²) in [6.45, 7) is 5.93. The number of nitrogens with one attached hydrogen (secondary N) is 1. The lowest BCUT2D eigenvalue weighted by Gasteiger charge is -2.34. The number of rotatable bonds is 6. The molecule has 3 rings (SSSR count). The summed E-state index contributed by atoms with van der Waals surface area (Å²) in [5.74, 6) is -0.280. The highest BCUT2D eigenvalue weighted by atomic mass is 16.5. The molecule has 0 bridgehead atoms. The Morgan fingerprint density at radius 2 is 1.63 bits per heavy atom. The van der Waals surface area contributed by atoms with Gasteiger partial charge in [-0.3, -0.25) is 9.59 Å². The number of carbonyl (C=O) groups excluding carboxylic acids is 3. The molecule has 30 heavy (non-hydrogen) atoms. The zero-order chi connectivity index (χ0) is 21.7. The van der Waals surface area contributed by atoms with Crippen LogP contribution in [-0.4, -0.2) is 30.3 Å². The van der Waals surface area contributed by atoms with Crippen molar-refractivity contribution in [1.82, 2.24) is 5.32 Å². The molecule has 0 spiro atoms. The number of esters is 1. The van der Waals surface area contributed by atoms with Gasteiger partial charge in [0.2, 0.25) is 0 Å². The van der Waals surface area contributed by atoms with Crippen LogP contribution < -0.4 is 5.32 Å². The van der Waals surface area contributed by atoms with Crippen molar-refractivity contribution in [3.63, 3.8) is 0 Å². The molecule has 0 aliphatic heterocycles. The fourth-order valence-corrected chi connectivity index (χ4v) is 3.96. The van der Waals surface area contributed by atoms with E-state index in [1.807, 2.05) is 19.1 Å². The summed E-state index contributed by atoms with van der Waals surface area (Å²) in [6, 6.07) is 13.8. The standard InChI is InChI=1S/C25H29NO4/c1-16-11-13-19(14-12-16)24(28)20-8-4-5-9-21(20)25(29)30-15-23(27)26-22-10-6-7-17(2)18(22)3/h4-5,8-9,11-14,17-18,22H,6-7,10,15H2,1-3H3,(H,26,27)/t17-,18+,22+/m1/s1. The van der Waals surface area contributed by atoms with Gasteiger partial charge < -0.3 is 10.1 Å². The minimum absolute atomic E-state index is 0.107. The molecule has 2 aromatic rings. The van der Waals surface area contributed by atoms with E-state index in [2.05, 4.69) is 19.2 Å². The van der Waals surface area contributed by atoms with E-state index in [1.165, 1.54) is 6.42 Å². The average molecular weight is 408 g/mol. The lowest BCUT2D eigenvalue weighted by molar-refractivity contribution is -0.125. The molecular weight excluding hydrogens is 378 g/mol. The van der Waals surface area contributed by atoms with Gasteiger partial charge in [0.15, 0.2) is 12.4 Å². The summed E-state index contributed by atoms with van der Waals surface area (Å²) in [5, 5.41) is 2.99. The largest absolute Gasteiger partial charge is 0.452 e. The molecule has 1 amide bonds. The van der Waals surface area contributed by atoms with Gasteiger partial charge in [-0.1, -0.05) is 74.7 Å². The Labute approximate surface area is 177 Å². The Bertz CT molecular complexity index is 919. The van der Waals surface area contributed by atoms with Gasteiger partial charge in [0.05, 0.1) is 5.56 Å². The average Bonchev–Trinajstić information content (AvgIpc) is 2.75. The first-order valence-corrected chi connectivity index (χ1v) is 10.5. The lowest BCUT2D eigenvalue weighted by atomic mass is 9.78. The third kappa shape index (κ3) is 5.15. The molecule has 1 saturated carbocycles. The van der Waals surface area contributed by atoms with Crippen LogP contribution in [0.2, 0.25) is 0 Å². The lowest BCUT2D eigenvalue weighted by Crippen LogP contribution is -2.45. The van der Waals surface area contributed by atoms with Crippen molar-refractivity contribution in [2.24, 2.45) is 11.8 Å². The maximum Gasteiger partial charge on any atom is 0.339 e. The first-order valence-electron chi connectivity index (χ1n) is 10.5. The van der Waals surface area contributed by atoms with Crippen molar-refractivity contribution in [1.29, 1.82) is 0 Å². The Hall–Kier alpha value is -2.95. The molecule has 5 nitrogen and oxygen atoms in total. The zero-order valence-corrected chi connectivity index (χ0v) is 17.8. The highest BCUT2D eigenvalue weighted by Crippen LogP contribution is 2.29. The Morgan fingerprint density at radius 3 is 2.33 bits per heavy atom. The van der Waals surface area contributed by atoms with E-state index in [4.69, 9.17) is 4.74 Å². The van der Waals surface area contributed by atoms with Crippen molar-refractivity contribution in [2.75, 3.05) is 6.61 Å². The number of amides is 1. The normalized spacial score (nSPS) is 21.0. The van der Waals surface area contributed by atoms with E-state index in [9.17, 15) is 14.4 Å². The molecule has 158 valence electrons. The summed E-state index contributed by atoms with van der Waals surface area (Å²) >= 11 is 0. The maximum absolute atomic E-state index is 12.9. The van der Waals surface area contributed by atoms with E-state index in [-0.39, 0.29) is 35.5 Å². The summed E-state index contributed by atoms with van der Waals surface area (Å²) < 4.78 is 5.24. The zero-order valence-electron chi connectivity index (χ0n) is 17.8. The van der Waals surface area contributed by atoms with Crippen LogP contribution in [0.4, 0.5) is 0 Å². The topological polar surface area (TPSA) is 72.5 Å². The fourth-order valence-electron chi connectivity index (χ4n) is 3.96. The minimum Gasteiger partial charge on any atom is -0.452 e. The third-order valence-corrected chi connectivity index (χ3v) is 6.09. The highest BCUT2D eigenvalue weighted by Gasteiger charge is 2.28. The Kier molecular flexibility index (Phi) is 7.03. The van der Waals surface area contributed by atoms with E-state index >= 15 is 0 Å². The molecule has 0 heterocycles. The summed E-state index contributed by atoms with van der Waals surface area (Å²) in [5.41, 5.74) is 1.97. The van der Waals surface area contributed by atoms with E-state index in [0.717, 1.165) is 18.4 Å². The highest BCUT2D eigenvalue weighted by molar-refractivity contribution is 6.14. The maximum atomic E-state index is 12.9. The molecule has 5 heteroatoms. The molecule has 3 atom stereocenters. The quantitative estimate of drug-likeness (QED) is 0.572. The SMILES string of the molecule is Cc1ccc(C(=O)c2ccccc2C(=O)OCC(=O)N[C@H]2CCC[C@@H](C)[C@@H]2C)cc1. The van der Waals surface area contributed by atoms with Crippen LogP contribution >= 0.6 is 0 Å². The first-order chi connectivity index (χ1) is 14.4. The number of hydrogen-bond donors (Lipinski definition) is 1. The summed E-state index contributed by atoms with van der Waals surface area (Å²) in [6.07, 6.45) is 3.21. The second-order valence-electron chi connectivity index (χ2n) is 8.26. The number of ether oxygens (including phenoxy) is 1. The van der Waals surface area contributed by atoms with Crippen molar-refractivity contribution in [3.8, 4) is 0 Å². The molecule has 1 aliphatic rings. The van der Waals surface area contributed by atoms with E-state index in [1.54, 1.807) is 36.4 Å². The van der Waals surface area contributed by atoms with Gasteiger partial charge in [-0.25, -0.2) is 4.79 Å². The molecule has 1 aliphatic carbocycles. The number of aryl methyl sites for hydroxylation is 1. The fraction of sp³-hybridized carbons (Fsp3) is 0.400. The molecular formula is C25H29NO4. The van der Waals surface area contributed by atoms with E-state index in [0.29, 0.717) is 17.4 Å². The van der Waals surface area contributed by atoms with Crippen LogP contribution in [0.15, 0.2) is 48.5 Å². The van der Waals surface area contributed by atoms with Gasteiger partial charge in [-0.2, -0.15) is 0 Å². The van der Waals surface area contributed by atoms with Crippen LogP contribution in [0.3, 0.4) is 0 Å². The molecule has 1 fully saturated rings. The van der Waals surface area contributed by atoms with Gasteiger partial charge >= 0.3 is 5.97 Å². The molecule has 0 unspecified atom stereocenters. The number of hydrogen-bond acceptors (Lipinski definition) is 4. The minimum atomic E-state index is -0.675. The monoisotopic (exact) mass is 407 g/mol. The second kappa shape index (κ2) is 9.70. The van der Waals surface area contributed by atoms with Gasteiger partial charge in [0.1, 0.15) is 0 Å². The molecule has 0 aromatic heterocycles. The molecule has 0 radical (unpaired) electrons. The van der Waals surface area contributed by atoms with Crippen molar-refractivity contribution in [3.05, 3.63) is 70.8 Å². The van der Waals surface area contributed by atoms with Crippen molar-refractivity contribution in [2.45, 2.75) is 46.1 Å². The predicted octanol–water partition coefficient (Wildman–Crippen LogP) is 4.32. The van der Waals surface area contributed by atoms with Gasteiger partial charge in [0.25, 0.3) is 5.91 Å². The van der Waals surface area contributed by atoms with Gasteiger partial charge in [0, 0.05) is 17.2 Å². The smallest absolute Gasteiger partial charge is 0.339 e. The van der Waals surface area contributed by atoms with Crippen LogP contribution in [0.25, 0.3) is 0 Å². The van der Waals surface area contributed by atoms with Gasteiger partial charge in [-0.15, -0.1) is 0 Å². The van der Waals surface area contributed by atoms with Crippen LogP contribution in [0, 0.1) is 18.8 Å². The van der Waals surface area contributed by atoms with E-state index < -0.39 is 5.97 Å². The molecule has 1 N–H and O–H groups in total. The van der Waals surface area contributed by atoms with Crippen LogP contribution in [-0.2, 0) is 9.53 Å². The number of carbonyl (C=O) groups is 3.